The van der Waals surface area contributed by atoms with E-state index in [1.165, 1.54) is 12.8 Å². The van der Waals surface area contributed by atoms with Gasteiger partial charge >= 0.3 is 0 Å². The second kappa shape index (κ2) is 4.83. The molecular weight excluding hydrogens is 203 g/mol. The highest BCUT2D eigenvalue weighted by atomic mass is 19.1. The highest BCUT2D eigenvalue weighted by molar-refractivity contribution is 5.51. The molecule has 1 N–H and O–H groups in total. The zero-order valence-corrected chi connectivity index (χ0v) is 9.96. The SMILES string of the molecule is CCN(c1ccc(CNC)cc1F)C1CC1. The van der Waals surface area contributed by atoms with Gasteiger partial charge in [0, 0.05) is 19.1 Å². The minimum Gasteiger partial charge on any atom is -0.366 e. The third-order valence-electron chi connectivity index (χ3n) is 3.03. The molecular formula is C13H19FN2. The van der Waals surface area contributed by atoms with Crippen LogP contribution in [0.5, 0.6) is 0 Å². The molecule has 0 saturated heterocycles. The molecule has 0 aromatic heterocycles. The Balaban J connectivity index is 2.20. The number of nitrogens with one attached hydrogen (secondary N) is 1. The molecule has 0 heterocycles. The lowest BCUT2D eigenvalue weighted by Gasteiger charge is -2.23. The summed E-state index contributed by atoms with van der Waals surface area (Å²) in [4.78, 5) is 2.17. The van der Waals surface area contributed by atoms with Crippen molar-refractivity contribution in [1.82, 2.24) is 5.32 Å². The van der Waals surface area contributed by atoms with E-state index in [-0.39, 0.29) is 5.82 Å². The van der Waals surface area contributed by atoms with Gasteiger partial charge in [-0.2, -0.15) is 0 Å². The van der Waals surface area contributed by atoms with Gasteiger partial charge in [0.05, 0.1) is 5.69 Å². The molecule has 0 bridgehead atoms. The van der Waals surface area contributed by atoms with Crippen LogP contribution in [0.15, 0.2) is 18.2 Å². The van der Waals surface area contributed by atoms with E-state index in [4.69, 9.17) is 0 Å². The Morgan fingerprint density at radius 1 is 1.44 bits per heavy atom. The van der Waals surface area contributed by atoms with E-state index >= 15 is 0 Å². The Hall–Kier alpha value is -1.09. The van der Waals surface area contributed by atoms with Crippen LogP contribution in [0.3, 0.4) is 0 Å². The molecule has 1 aromatic rings. The van der Waals surface area contributed by atoms with Crippen molar-refractivity contribution in [1.29, 1.82) is 0 Å². The molecule has 1 aliphatic rings. The molecule has 88 valence electrons. The summed E-state index contributed by atoms with van der Waals surface area (Å²) in [5, 5.41) is 3.03. The molecule has 0 radical (unpaired) electrons. The second-order valence-corrected chi connectivity index (χ2v) is 4.33. The quantitative estimate of drug-likeness (QED) is 0.823. The number of hydrogen-bond acceptors (Lipinski definition) is 2. The summed E-state index contributed by atoms with van der Waals surface area (Å²) in [6.45, 7) is 3.68. The topological polar surface area (TPSA) is 15.3 Å². The number of halogens is 1. The van der Waals surface area contributed by atoms with E-state index in [1.54, 1.807) is 6.07 Å². The van der Waals surface area contributed by atoms with Crippen LogP contribution in [0.1, 0.15) is 25.3 Å². The first-order chi connectivity index (χ1) is 7.76. The predicted molar refractivity (Wildman–Crippen MR) is 65.2 cm³/mol. The maximum Gasteiger partial charge on any atom is 0.146 e. The molecule has 1 fully saturated rings. The van der Waals surface area contributed by atoms with E-state index in [1.807, 2.05) is 19.2 Å². The van der Waals surface area contributed by atoms with E-state index in [9.17, 15) is 4.39 Å². The van der Waals surface area contributed by atoms with Crippen LogP contribution in [0.2, 0.25) is 0 Å². The number of anilines is 1. The monoisotopic (exact) mass is 222 g/mol. The van der Waals surface area contributed by atoms with Gasteiger partial charge in [-0.15, -0.1) is 0 Å². The van der Waals surface area contributed by atoms with Crippen molar-refractivity contribution in [3.05, 3.63) is 29.6 Å². The van der Waals surface area contributed by atoms with Crippen LogP contribution >= 0.6 is 0 Å². The fraction of sp³-hybridized carbons (Fsp3) is 0.538. The Kier molecular flexibility index (Phi) is 3.44. The smallest absolute Gasteiger partial charge is 0.146 e. The van der Waals surface area contributed by atoms with E-state index in [0.29, 0.717) is 12.6 Å². The summed E-state index contributed by atoms with van der Waals surface area (Å²) < 4.78 is 13.9. The first-order valence-electron chi connectivity index (χ1n) is 5.96. The van der Waals surface area contributed by atoms with Crippen LogP contribution in [0, 0.1) is 5.82 Å². The predicted octanol–water partition coefficient (Wildman–Crippen LogP) is 2.53. The highest BCUT2D eigenvalue weighted by Gasteiger charge is 2.29. The molecule has 1 saturated carbocycles. The molecule has 0 amide bonds. The standard InChI is InChI=1S/C13H19FN2/c1-3-16(11-5-6-11)13-7-4-10(9-15-2)8-12(13)14/h4,7-8,11,15H,3,5-6,9H2,1-2H3. The summed E-state index contributed by atoms with van der Waals surface area (Å²) >= 11 is 0. The van der Waals surface area contributed by atoms with Crippen molar-refractivity contribution in [3.63, 3.8) is 0 Å². The van der Waals surface area contributed by atoms with Crippen molar-refractivity contribution in [2.24, 2.45) is 0 Å². The largest absolute Gasteiger partial charge is 0.366 e. The fourth-order valence-electron chi connectivity index (χ4n) is 2.11. The van der Waals surface area contributed by atoms with Crippen molar-refractivity contribution in [2.45, 2.75) is 32.4 Å². The van der Waals surface area contributed by atoms with Gasteiger partial charge < -0.3 is 10.2 Å². The molecule has 16 heavy (non-hydrogen) atoms. The van der Waals surface area contributed by atoms with E-state index in [0.717, 1.165) is 17.8 Å². The lowest BCUT2D eigenvalue weighted by Crippen LogP contribution is -2.26. The number of hydrogen-bond donors (Lipinski definition) is 1. The van der Waals surface area contributed by atoms with Gasteiger partial charge in [-0.3, -0.25) is 0 Å². The van der Waals surface area contributed by atoms with Gasteiger partial charge in [0.25, 0.3) is 0 Å². The average molecular weight is 222 g/mol. The number of rotatable bonds is 5. The Morgan fingerprint density at radius 2 is 2.19 bits per heavy atom. The molecule has 0 aliphatic heterocycles. The molecule has 0 unspecified atom stereocenters. The zero-order valence-electron chi connectivity index (χ0n) is 9.96. The van der Waals surface area contributed by atoms with Gasteiger partial charge in [-0.05, 0) is 44.5 Å². The van der Waals surface area contributed by atoms with Crippen LogP contribution in [0.4, 0.5) is 10.1 Å². The first-order valence-corrected chi connectivity index (χ1v) is 5.96. The number of nitrogens with zero attached hydrogens (tertiary/aromatic N) is 1. The minimum absolute atomic E-state index is 0.0958. The van der Waals surface area contributed by atoms with Crippen molar-refractivity contribution < 1.29 is 4.39 Å². The zero-order chi connectivity index (χ0) is 11.5. The van der Waals surface area contributed by atoms with E-state index in [2.05, 4.69) is 17.1 Å². The van der Waals surface area contributed by atoms with Gasteiger partial charge in [0.15, 0.2) is 0 Å². The van der Waals surface area contributed by atoms with Gasteiger partial charge in [-0.1, -0.05) is 6.07 Å². The lowest BCUT2D eigenvalue weighted by atomic mass is 10.1. The summed E-state index contributed by atoms with van der Waals surface area (Å²) in [6.07, 6.45) is 2.40. The average Bonchev–Trinajstić information content (AvgIpc) is 3.07. The maximum absolute atomic E-state index is 13.9. The summed E-state index contributed by atoms with van der Waals surface area (Å²) in [6, 6.07) is 6.11. The second-order valence-electron chi connectivity index (χ2n) is 4.33. The number of benzene rings is 1. The fourth-order valence-corrected chi connectivity index (χ4v) is 2.11. The Morgan fingerprint density at radius 3 is 2.69 bits per heavy atom. The van der Waals surface area contributed by atoms with Crippen LogP contribution < -0.4 is 10.2 Å². The third kappa shape index (κ3) is 2.35. The van der Waals surface area contributed by atoms with Gasteiger partial charge in [-0.25, -0.2) is 4.39 Å². The minimum atomic E-state index is -0.0958. The highest BCUT2D eigenvalue weighted by Crippen LogP contribution is 2.33. The van der Waals surface area contributed by atoms with Gasteiger partial charge in [0.2, 0.25) is 0 Å². The van der Waals surface area contributed by atoms with Crippen LogP contribution in [-0.2, 0) is 6.54 Å². The van der Waals surface area contributed by atoms with Crippen molar-refractivity contribution in [2.75, 3.05) is 18.5 Å². The molecule has 0 spiro atoms. The Bertz CT molecular complexity index is 361. The lowest BCUT2D eigenvalue weighted by molar-refractivity contribution is 0.613. The van der Waals surface area contributed by atoms with Gasteiger partial charge in [0.1, 0.15) is 5.82 Å². The first kappa shape index (κ1) is 11.4. The normalized spacial score (nSPS) is 15.2. The summed E-state index contributed by atoms with van der Waals surface area (Å²) in [7, 11) is 1.87. The summed E-state index contributed by atoms with van der Waals surface area (Å²) in [5.74, 6) is -0.0958. The third-order valence-corrected chi connectivity index (χ3v) is 3.03. The van der Waals surface area contributed by atoms with Crippen LogP contribution in [-0.4, -0.2) is 19.6 Å². The molecule has 2 nitrogen and oxygen atoms in total. The Labute approximate surface area is 96.5 Å². The van der Waals surface area contributed by atoms with Crippen molar-refractivity contribution >= 4 is 5.69 Å². The molecule has 3 heteroatoms. The molecule has 1 aliphatic carbocycles. The molecule has 0 atom stereocenters. The maximum atomic E-state index is 13.9. The summed E-state index contributed by atoms with van der Waals surface area (Å²) in [5.41, 5.74) is 1.75. The van der Waals surface area contributed by atoms with Crippen LogP contribution in [0.25, 0.3) is 0 Å². The van der Waals surface area contributed by atoms with E-state index < -0.39 is 0 Å². The molecule has 2 rings (SSSR count). The van der Waals surface area contributed by atoms with Crippen molar-refractivity contribution in [3.8, 4) is 0 Å². The molecule has 1 aromatic carbocycles.